The van der Waals surface area contributed by atoms with Gasteiger partial charge in [-0.05, 0) is 91.3 Å². The van der Waals surface area contributed by atoms with Crippen LogP contribution in [0.3, 0.4) is 0 Å². The Hall–Kier alpha value is -2.99. The number of fused-ring (bicyclic) bond motifs is 5. The van der Waals surface area contributed by atoms with E-state index in [2.05, 4.69) is 46.0 Å². The number of ether oxygens (including phenoxy) is 1. The molecule has 0 radical (unpaired) electrons. The molecule has 0 aliphatic heterocycles. The second-order valence-electron chi connectivity index (χ2n) is 17.0. The summed E-state index contributed by atoms with van der Waals surface area (Å²) in [4.78, 5) is 61.4. The van der Waals surface area contributed by atoms with E-state index < -0.39 is 49.4 Å². The topological polar surface area (TPSA) is 174 Å². The third kappa shape index (κ3) is 10.6. The molecule has 0 heterocycles. The minimum Gasteiger partial charge on any atom is -0.480 e. The van der Waals surface area contributed by atoms with Gasteiger partial charge in [-0.25, -0.2) is 0 Å². The van der Waals surface area contributed by atoms with Gasteiger partial charge in [0, 0.05) is 19.5 Å². The SMILES string of the molecule is CC(C)CCCC(C)C1CCC2C3CC=C4CC(OC(=O)CNC(=O)CN(CCN(CC(=O)O)CC(=O)O)CC(=O)O)CCC4(C)C3CCC12C. The summed E-state index contributed by atoms with van der Waals surface area (Å²) in [6.45, 7) is 9.80. The van der Waals surface area contributed by atoms with E-state index in [1.54, 1.807) is 0 Å². The maximum Gasteiger partial charge on any atom is 0.325 e. The maximum absolute atomic E-state index is 12.8. The van der Waals surface area contributed by atoms with Crippen molar-refractivity contribution in [1.82, 2.24) is 15.1 Å². The van der Waals surface area contributed by atoms with Crippen LogP contribution in [0.15, 0.2) is 11.6 Å². The number of nitrogens with zero attached hydrogens (tertiary/aromatic N) is 2. The van der Waals surface area contributed by atoms with Crippen LogP contribution in [0.2, 0.25) is 0 Å². The van der Waals surface area contributed by atoms with Gasteiger partial charge in [0.15, 0.2) is 0 Å². The van der Waals surface area contributed by atoms with Crippen molar-refractivity contribution < 1.29 is 44.0 Å². The third-order valence-electron chi connectivity index (χ3n) is 13.2. The summed E-state index contributed by atoms with van der Waals surface area (Å²) in [6.07, 6.45) is 15.1. The molecule has 4 N–H and O–H groups in total. The van der Waals surface area contributed by atoms with Crippen molar-refractivity contribution in [2.75, 3.05) is 45.8 Å². The Labute approximate surface area is 303 Å². The van der Waals surface area contributed by atoms with Gasteiger partial charge in [0.05, 0.1) is 26.2 Å². The van der Waals surface area contributed by atoms with Crippen molar-refractivity contribution in [1.29, 1.82) is 0 Å². The highest BCUT2D eigenvalue weighted by atomic mass is 16.5. The zero-order chi connectivity index (χ0) is 37.5. The first-order chi connectivity index (χ1) is 24.0. The van der Waals surface area contributed by atoms with Gasteiger partial charge in [0.25, 0.3) is 0 Å². The van der Waals surface area contributed by atoms with E-state index in [1.165, 1.54) is 55.4 Å². The molecule has 0 aromatic heterocycles. The number of amides is 1. The van der Waals surface area contributed by atoms with Crippen LogP contribution in [0.25, 0.3) is 0 Å². The predicted molar refractivity (Wildman–Crippen MR) is 192 cm³/mol. The summed E-state index contributed by atoms with van der Waals surface area (Å²) in [7, 11) is 0. The Morgan fingerprint density at radius 3 is 2.08 bits per heavy atom. The maximum atomic E-state index is 12.8. The lowest BCUT2D eigenvalue weighted by atomic mass is 9.47. The van der Waals surface area contributed by atoms with E-state index >= 15 is 0 Å². The van der Waals surface area contributed by atoms with E-state index in [4.69, 9.17) is 14.9 Å². The van der Waals surface area contributed by atoms with Crippen LogP contribution in [0.5, 0.6) is 0 Å². The molecule has 8 unspecified atom stereocenters. The second-order valence-corrected chi connectivity index (χ2v) is 17.0. The number of carboxylic acid groups (broad SMARTS) is 3. The number of nitrogens with one attached hydrogen (secondary N) is 1. The van der Waals surface area contributed by atoms with Gasteiger partial charge in [-0.1, -0.05) is 65.5 Å². The number of hydrogen-bond donors (Lipinski definition) is 4. The van der Waals surface area contributed by atoms with Crippen molar-refractivity contribution in [3.05, 3.63) is 11.6 Å². The first kappa shape index (κ1) is 40.8. The minimum atomic E-state index is -1.22. The molecule has 3 fully saturated rings. The average Bonchev–Trinajstić information content (AvgIpc) is 3.39. The highest BCUT2D eigenvalue weighted by Crippen LogP contribution is 2.67. The molecule has 4 aliphatic carbocycles. The molecule has 51 heavy (non-hydrogen) atoms. The number of carbonyl (C=O) groups is 5. The monoisotopic (exact) mass is 717 g/mol. The van der Waals surface area contributed by atoms with Gasteiger partial charge in [0.1, 0.15) is 12.6 Å². The first-order valence-corrected chi connectivity index (χ1v) is 19.3. The van der Waals surface area contributed by atoms with Crippen molar-refractivity contribution >= 4 is 29.8 Å². The Kier molecular flexibility index (Phi) is 14.1. The molecule has 4 aliphatic rings. The fraction of sp³-hybridized carbons (Fsp3) is 0.821. The summed E-state index contributed by atoms with van der Waals surface area (Å²) >= 11 is 0. The van der Waals surface area contributed by atoms with Gasteiger partial charge in [-0.3, -0.25) is 33.8 Å². The highest BCUT2D eigenvalue weighted by Gasteiger charge is 2.59. The summed E-state index contributed by atoms with van der Waals surface area (Å²) in [5.41, 5.74) is 1.98. The quantitative estimate of drug-likeness (QED) is 0.106. The normalized spacial score (nSPS) is 30.6. The van der Waals surface area contributed by atoms with E-state index in [1.807, 2.05) is 0 Å². The standard InChI is InChI=1S/C39H63N3O9/c1-25(2)7-6-8-26(3)30-11-12-31-29-10-9-27-19-28(13-15-38(27,4)32(29)14-16-39(30,31)5)51-37(50)20-40-33(43)21-41(22-34(44)45)17-18-42(23-35(46)47)24-36(48)49/h9,25-26,28-32H,6-8,10-24H2,1-5H3,(H,40,43)(H,44,45)(H,46,47)(H,48,49). The van der Waals surface area contributed by atoms with Crippen LogP contribution in [-0.4, -0.2) is 107 Å². The van der Waals surface area contributed by atoms with Crippen LogP contribution in [-0.2, 0) is 28.7 Å². The van der Waals surface area contributed by atoms with Gasteiger partial charge in [0.2, 0.25) is 5.91 Å². The molecule has 0 aromatic rings. The third-order valence-corrected chi connectivity index (χ3v) is 13.2. The summed E-state index contributed by atoms with van der Waals surface area (Å²) < 4.78 is 5.85. The zero-order valence-electron chi connectivity index (χ0n) is 31.5. The molecule has 1 amide bonds. The highest BCUT2D eigenvalue weighted by molar-refractivity contribution is 5.83. The van der Waals surface area contributed by atoms with E-state index in [9.17, 15) is 29.1 Å². The summed E-state index contributed by atoms with van der Waals surface area (Å²) in [5, 5.41) is 29.9. The summed E-state index contributed by atoms with van der Waals surface area (Å²) in [6, 6.07) is 0. The molecule has 0 saturated heterocycles. The molecule has 0 spiro atoms. The van der Waals surface area contributed by atoms with Crippen LogP contribution >= 0.6 is 0 Å². The number of aliphatic carboxylic acids is 3. The smallest absolute Gasteiger partial charge is 0.325 e. The Balaban J connectivity index is 1.27. The number of carbonyl (C=O) groups excluding carboxylic acids is 2. The van der Waals surface area contributed by atoms with Gasteiger partial charge in [-0.15, -0.1) is 0 Å². The molecule has 12 heteroatoms. The largest absolute Gasteiger partial charge is 0.480 e. The zero-order valence-corrected chi connectivity index (χ0v) is 31.5. The Bertz CT molecular complexity index is 1290. The predicted octanol–water partition coefficient (Wildman–Crippen LogP) is 4.91. The molecule has 4 rings (SSSR count). The van der Waals surface area contributed by atoms with Gasteiger partial charge < -0.3 is 25.4 Å². The lowest BCUT2D eigenvalue weighted by molar-refractivity contribution is -0.151. The Morgan fingerprint density at radius 1 is 0.843 bits per heavy atom. The molecular weight excluding hydrogens is 654 g/mol. The molecule has 3 saturated carbocycles. The van der Waals surface area contributed by atoms with Crippen molar-refractivity contribution in [3.63, 3.8) is 0 Å². The van der Waals surface area contributed by atoms with Crippen LogP contribution < -0.4 is 5.32 Å². The molecule has 8 atom stereocenters. The lowest BCUT2D eigenvalue weighted by Gasteiger charge is -2.58. The minimum absolute atomic E-state index is 0.0549. The van der Waals surface area contributed by atoms with Crippen LogP contribution in [0, 0.1) is 46.3 Å². The summed E-state index contributed by atoms with van der Waals surface area (Å²) in [5.74, 6) is -0.232. The van der Waals surface area contributed by atoms with E-state index in [0.29, 0.717) is 17.8 Å². The van der Waals surface area contributed by atoms with E-state index in [0.717, 1.165) is 53.8 Å². The fourth-order valence-corrected chi connectivity index (χ4v) is 10.7. The number of esters is 1. The Morgan fingerprint density at radius 2 is 1.47 bits per heavy atom. The molecule has 0 aromatic carbocycles. The fourth-order valence-electron chi connectivity index (χ4n) is 10.7. The van der Waals surface area contributed by atoms with E-state index in [-0.39, 0.29) is 37.7 Å². The molecule has 0 bridgehead atoms. The number of carboxylic acids is 3. The van der Waals surface area contributed by atoms with Crippen molar-refractivity contribution in [2.45, 2.75) is 111 Å². The van der Waals surface area contributed by atoms with Crippen LogP contribution in [0.4, 0.5) is 0 Å². The van der Waals surface area contributed by atoms with Crippen LogP contribution in [0.1, 0.15) is 105 Å². The van der Waals surface area contributed by atoms with Gasteiger partial charge >= 0.3 is 23.9 Å². The van der Waals surface area contributed by atoms with Gasteiger partial charge in [-0.2, -0.15) is 0 Å². The molecular formula is C39H63N3O9. The first-order valence-electron chi connectivity index (χ1n) is 19.3. The number of hydrogen-bond acceptors (Lipinski definition) is 8. The number of allylic oxidation sites excluding steroid dienone is 1. The van der Waals surface area contributed by atoms with Crippen molar-refractivity contribution in [3.8, 4) is 0 Å². The second kappa shape index (κ2) is 17.7. The average molecular weight is 718 g/mol. The molecule has 12 nitrogen and oxygen atoms in total. The van der Waals surface area contributed by atoms with Crippen molar-refractivity contribution in [2.24, 2.45) is 46.3 Å². The molecule has 288 valence electrons. The lowest BCUT2D eigenvalue weighted by Crippen LogP contribution is -2.51. The number of rotatable bonds is 19.